The number of fused-ring (bicyclic) bond motifs is 1. The molecule has 1 fully saturated rings. The second-order valence-corrected chi connectivity index (χ2v) is 5.51. The van der Waals surface area contributed by atoms with Gasteiger partial charge in [0.2, 0.25) is 0 Å². The van der Waals surface area contributed by atoms with Crippen molar-refractivity contribution in [2.24, 2.45) is 7.05 Å². The minimum Gasteiger partial charge on any atom is -0.481 e. The van der Waals surface area contributed by atoms with Gasteiger partial charge in [0.15, 0.2) is 0 Å². The highest BCUT2D eigenvalue weighted by atomic mass is 16.5. The van der Waals surface area contributed by atoms with Crippen LogP contribution in [0.1, 0.15) is 16.8 Å². The first-order valence-electron chi connectivity index (χ1n) is 7.23. The molecule has 2 heterocycles. The summed E-state index contributed by atoms with van der Waals surface area (Å²) in [5, 5.41) is 9.78. The lowest BCUT2D eigenvalue weighted by Crippen LogP contribution is -2.46. The van der Waals surface area contributed by atoms with E-state index in [9.17, 15) is 9.59 Å². The lowest BCUT2D eigenvalue weighted by molar-refractivity contribution is -0.141. The number of carboxylic acids is 1. The van der Waals surface area contributed by atoms with E-state index >= 15 is 0 Å². The molecule has 6 heteroatoms. The number of aromatic nitrogens is 1. The molecule has 3 rings (SSSR count). The monoisotopic (exact) mass is 302 g/mol. The standard InChI is InChI=1S/C16H18N2O4/c1-17-6-5-12-13(3-2-4-14(12)17)16(21)18-7-8-22-11(10-18)9-15(19)20/h2-6,11H,7-10H2,1H3,(H,19,20)/t11-/m1/s1. The zero-order valence-corrected chi connectivity index (χ0v) is 12.4. The molecule has 1 saturated heterocycles. The first-order valence-corrected chi connectivity index (χ1v) is 7.23. The van der Waals surface area contributed by atoms with E-state index in [1.807, 2.05) is 42.1 Å². The summed E-state index contributed by atoms with van der Waals surface area (Å²) >= 11 is 0. The van der Waals surface area contributed by atoms with Crippen molar-refractivity contribution in [3.63, 3.8) is 0 Å². The van der Waals surface area contributed by atoms with Gasteiger partial charge in [0, 0.05) is 42.8 Å². The van der Waals surface area contributed by atoms with Gasteiger partial charge in [0.25, 0.3) is 5.91 Å². The molecule has 1 aromatic carbocycles. The highest BCUT2D eigenvalue weighted by molar-refractivity contribution is 6.06. The summed E-state index contributed by atoms with van der Waals surface area (Å²) in [4.78, 5) is 25.3. The van der Waals surface area contributed by atoms with E-state index in [-0.39, 0.29) is 12.3 Å². The Hall–Kier alpha value is -2.34. The Balaban J connectivity index is 1.84. The quantitative estimate of drug-likeness (QED) is 0.932. The third-order valence-corrected chi connectivity index (χ3v) is 3.99. The van der Waals surface area contributed by atoms with Crippen molar-refractivity contribution in [3.8, 4) is 0 Å². The Kier molecular flexibility index (Phi) is 3.85. The van der Waals surface area contributed by atoms with Gasteiger partial charge in [-0.3, -0.25) is 9.59 Å². The molecule has 0 aliphatic carbocycles. The molecule has 0 radical (unpaired) electrons. The average molecular weight is 302 g/mol. The van der Waals surface area contributed by atoms with Crippen LogP contribution in [0.2, 0.25) is 0 Å². The highest BCUT2D eigenvalue weighted by Gasteiger charge is 2.27. The number of carbonyl (C=O) groups excluding carboxylic acids is 1. The van der Waals surface area contributed by atoms with Crippen LogP contribution in [0.4, 0.5) is 0 Å². The van der Waals surface area contributed by atoms with Gasteiger partial charge in [-0.05, 0) is 18.2 Å². The van der Waals surface area contributed by atoms with Crippen LogP contribution in [0.15, 0.2) is 30.5 Å². The summed E-state index contributed by atoms with van der Waals surface area (Å²) in [5.74, 6) is -0.986. The first kappa shape index (κ1) is 14.6. The van der Waals surface area contributed by atoms with Crippen LogP contribution < -0.4 is 0 Å². The Morgan fingerprint density at radius 2 is 2.18 bits per heavy atom. The Labute approximate surface area is 127 Å². The second-order valence-electron chi connectivity index (χ2n) is 5.51. The number of benzene rings is 1. The Morgan fingerprint density at radius 3 is 2.95 bits per heavy atom. The van der Waals surface area contributed by atoms with Gasteiger partial charge in [-0.2, -0.15) is 0 Å². The number of nitrogens with zero attached hydrogens (tertiary/aromatic N) is 2. The van der Waals surface area contributed by atoms with Gasteiger partial charge in [-0.25, -0.2) is 0 Å². The Bertz CT molecular complexity index is 722. The van der Waals surface area contributed by atoms with Crippen molar-refractivity contribution in [2.45, 2.75) is 12.5 Å². The maximum Gasteiger partial charge on any atom is 0.306 e. The molecule has 22 heavy (non-hydrogen) atoms. The van der Waals surface area contributed by atoms with Crippen LogP contribution in [0.5, 0.6) is 0 Å². The molecule has 0 unspecified atom stereocenters. The number of amides is 1. The van der Waals surface area contributed by atoms with Crippen LogP contribution in [0, 0.1) is 0 Å². The van der Waals surface area contributed by atoms with Gasteiger partial charge in [0.1, 0.15) is 0 Å². The number of morpholine rings is 1. The number of ether oxygens (including phenoxy) is 1. The molecule has 1 amide bonds. The molecule has 0 saturated carbocycles. The summed E-state index contributed by atoms with van der Waals surface area (Å²) in [6.07, 6.45) is 1.40. The third kappa shape index (κ3) is 2.69. The summed E-state index contributed by atoms with van der Waals surface area (Å²) in [7, 11) is 1.94. The van der Waals surface area contributed by atoms with Gasteiger partial charge in [0.05, 0.1) is 19.1 Å². The van der Waals surface area contributed by atoms with E-state index in [4.69, 9.17) is 9.84 Å². The van der Waals surface area contributed by atoms with Crippen molar-refractivity contribution >= 4 is 22.8 Å². The molecule has 1 aromatic heterocycles. The summed E-state index contributed by atoms with van der Waals surface area (Å²) in [5.41, 5.74) is 1.65. The third-order valence-electron chi connectivity index (χ3n) is 3.99. The molecular formula is C16H18N2O4. The highest BCUT2D eigenvalue weighted by Crippen LogP contribution is 2.22. The van der Waals surface area contributed by atoms with E-state index < -0.39 is 12.1 Å². The maximum atomic E-state index is 12.8. The van der Waals surface area contributed by atoms with Crippen molar-refractivity contribution in [1.29, 1.82) is 0 Å². The number of aliphatic carboxylic acids is 1. The number of hydrogen-bond donors (Lipinski definition) is 1. The molecule has 2 aromatic rings. The molecule has 6 nitrogen and oxygen atoms in total. The maximum absolute atomic E-state index is 12.8. The molecular weight excluding hydrogens is 284 g/mol. The molecule has 116 valence electrons. The van der Waals surface area contributed by atoms with Crippen LogP contribution in [0.3, 0.4) is 0 Å². The minimum atomic E-state index is -0.913. The Morgan fingerprint density at radius 1 is 1.36 bits per heavy atom. The van der Waals surface area contributed by atoms with E-state index in [2.05, 4.69) is 0 Å². The van der Waals surface area contributed by atoms with Gasteiger partial charge in [-0.15, -0.1) is 0 Å². The molecule has 1 atom stereocenters. The van der Waals surface area contributed by atoms with Gasteiger partial charge >= 0.3 is 5.97 Å². The van der Waals surface area contributed by atoms with Crippen molar-refractivity contribution in [2.75, 3.05) is 19.7 Å². The van der Waals surface area contributed by atoms with Crippen LogP contribution >= 0.6 is 0 Å². The summed E-state index contributed by atoms with van der Waals surface area (Å²) in [6, 6.07) is 7.58. The van der Waals surface area contributed by atoms with Crippen LogP contribution in [-0.4, -0.2) is 52.3 Å². The lowest BCUT2D eigenvalue weighted by Gasteiger charge is -2.32. The largest absolute Gasteiger partial charge is 0.481 e. The average Bonchev–Trinajstić information content (AvgIpc) is 2.88. The van der Waals surface area contributed by atoms with Crippen LogP contribution in [-0.2, 0) is 16.6 Å². The predicted molar refractivity (Wildman–Crippen MR) is 80.8 cm³/mol. The van der Waals surface area contributed by atoms with E-state index in [0.717, 1.165) is 10.9 Å². The van der Waals surface area contributed by atoms with Gasteiger partial charge < -0.3 is 19.3 Å². The smallest absolute Gasteiger partial charge is 0.306 e. The fraction of sp³-hybridized carbons (Fsp3) is 0.375. The number of carbonyl (C=O) groups is 2. The molecule has 0 spiro atoms. The first-order chi connectivity index (χ1) is 10.6. The van der Waals surface area contributed by atoms with Gasteiger partial charge in [-0.1, -0.05) is 6.07 Å². The fourth-order valence-corrected chi connectivity index (χ4v) is 2.88. The molecule has 0 bridgehead atoms. The minimum absolute atomic E-state index is 0.0736. The SMILES string of the molecule is Cn1ccc2c(C(=O)N3CCO[C@H](CC(=O)O)C3)cccc21. The zero-order chi connectivity index (χ0) is 15.7. The summed E-state index contributed by atoms with van der Waals surface area (Å²) < 4.78 is 7.39. The zero-order valence-electron chi connectivity index (χ0n) is 12.4. The number of hydrogen-bond acceptors (Lipinski definition) is 3. The second kappa shape index (κ2) is 5.81. The molecule has 1 aliphatic heterocycles. The molecule has 1 aliphatic rings. The van der Waals surface area contributed by atoms with E-state index in [1.54, 1.807) is 4.90 Å². The van der Waals surface area contributed by atoms with Crippen molar-refractivity contribution in [1.82, 2.24) is 9.47 Å². The normalized spacial score (nSPS) is 18.6. The van der Waals surface area contributed by atoms with Crippen molar-refractivity contribution < 1.29 is 19.4 Å². The number of carboxylic acid groups (broad SMARTS) is 1. The van der Waals surface area contributed by atoms with E-state index in [0.29, 0.717) is 25.3 Å². The summed E-state index contributed by atoms with van der Waals surface area (Å²) in [6.45, 7) is 1.17. The topological polar surface area (TPSA) is 71.8 Å². The number of aryl methyl sites for hydroxylation is 1. The predicted octanol–water partition coefficient (Wildman–Crippen LogP) is 1.49. The lowest BCUT2D eigenvalue weighted by atomic mass is 10.1. The van der Waals surface area contributed by atoms with Crippen molar-refractivity contribution in [3.05, 3.63) is 36.0 Å². The van der Waals surface area contributed by atoms with Crippen LogP contribution in [0.25, 0.3) is 10.9 Å². The number of rotatable bonds is 3. The molecule has 1 N–H and O–H groups in total. The fourth-order valence-electron chi connectivity index (χ4n) is 2.88. The van der Waals surface area contributed by atoms with E-state index in [1.165, 1.54) is 0 Å².